The third-order valence-corrected chi connectivity index (χ3v) is 7.15. The summed E-state index contributed by atoms with van der Waals surface area (Å²) in [6.07, 6.45) is 0.917. The Balaban J connectivity index is 1.40. The standard InChI is InChI=1S/C16H20F2O9S/c17-15(18,28(22,23)24)7-25-12(19)3-11-13(20)27-16(26-11)9-1-8-2-10(16)6-14(21,4-8)5-9/h8-11,21H,1-7H2,(H,22,23,24). The first-order valence-corrected chi connectivity index (χ1v) is 10.4. The Morgan fingerprint density at radius 3 is 2.39 bits per heavy atom. The lowest BCUT2D eigenvalue weighted by atomic mass is 9.51. The third-order valence-electron chi connectivity index (χ3n) is 6.28. The number of rotatable bonds is 5. The van der Waals surface area contributed by atoms with Gasteiger partial charge in [-0.3, -0.25) is 9.35 Å². The van der Waals surface area contributed by atoms with E-state index in [1.165, 1.54) is 0 Å². The summed E-state index contributed by atoms with van der Waals surface area (Å²) in [5.74, 6) is -3.44. The van der Waals surface area contributed by atoms with Gasteiger partial charge in [0.05, 0.1) is 12.0 Å². The van der Waals surface area contributed by atoms with E-state index in [1.54, 1.807) is 0 Å². The van der Waals surface area contributed by atoms with E-state index in [-0.39, 0.29) is 11.8 Å². The zero-order chi connectivity index (χ0) is 20.5. The lowest BCUT2D eigenvalue weighted by Gasteiger charge is -2.60. The molecule has 4 aliphatic carbocycles. The molecule has 1 saturated heterocycles. The Kier molecular flexibility index (Phi) is 4.32. The largest absolute Gasteiger partial charge is 0.458 e. The van der Waals surface area contributed by atoms with Crippen LogP contribution in [-0.4, -0.2) is 59.4 Å². The molecular weight excluding hydrogens is 406 g/mol. The maximum atomic E-state index is 13.1. The van der Waals surface area contributed by atoms with Crippen molar-refractivity contribution < 1.29 is 50.7 Å². The summed E-state index contributed by atoms with van der Waals surface area (Å²) < 4.78 is 71.3. The van der Waals surface area contributed by atoms with Crippen LogP contribution in [0.1, 0.15) is 38.5 Å². The van der Waals surface area contributed by atoms with Gasteiger partial charge in [0, 0.05) is 11.8 Å². The van der Waals surface area contributed by atoms with Gasteiger partial charge < -0.3 is 19.3 Å². The van der Waals surface area contributed by atoms with E-state index in [0.717, 1.165) is 12.8 Å². The van der Waals surface area contributed by atoms with Crippen LogP contribution < -0.4 is 0 Å². The molecule has 28 heavy (non-hydrogen) atoms. The quantitative estimate of drug-likeness (QED) is 0.478. The summed E-state index contributed by atoms with van der Waals surface area (Å²) in [4.78, 5) is 24.0. The highest BCUT2D eigenvalue weighted by Gasteiger charge is 2.68. The van der Waals surface area contributed by atoms with Gasteiger partial charge in [-0.25, -0.2) is 4.79 Å². The molecule has 4 saturated carbocycles. The average molecular weight is 426 g/mol. The maximum Gasteiger partial charge on any atom is 0.402 e. The Labute approximate surface area is 159 Å². The van der Waals surface area contributed by atoms with Gasteiger partial charge in [0.1, 0.15) is 0 Å². The molecule has 158 valence electrons. The second kappa shape index (κ2) is 6.07. The van der Waals surface area contributed by atoms with Crippen LogP contribution >= 0.6 is 0 Å². The number of aliphatic hydroxyl groups is 1. The van der Waals surface area contributed by atoms with Crippen LogP contribution in [0, 0.1) is 17.8 Å². The van der Waals surface area contributed by atoms with Crippen molar-refractivity contribution in [2.45, 2.75) is 61.3 Å². The van der Waals surface area contributed by atoms with Gasteiger partial charge in [0.15, 0.2) is 12.7 Å². The minimum absolute atomic E-state index is 0.211. The van der Waals surface area contributed by atoms with Gasteiger partial charge >= 0.3 is 27.3 Å². The van der Waals surface area contributed by atoms with Gasteiger partial charge in [-0.15, -0.1) is 0 Å². The first-order valence-electron chi connectivity index (χ1n) is 8.97. The first kappa shape index (κ1) is 19.9. The molecule has 5 fully saturated rings. The molecule has 0 amide bonds. The summed E-state index contributed by atoms with van der Waals surface area (Å²) in [6, 6.07) is 0. The van der Waals surface area contributed by atoms with Crippen molar-refractivity contribution in [3.8, 4) is 0 Å². The molecule has 0 aromatic carbocycles. The number of hydrogen-bond acceptors (Lipinski definition) is 8. The molecule has 0 aromatic rings. The predicted octanol–water partition coefficient (Wildman–Crippen LogP) is 0.610. The molecular formula is C16H20F2O9S. The fourth-order valence-corrected chi connectivity index (χ4v) is 5.54. The van der Waals surface area contributed by atoms with Crippen molar-refractivity contribution in [1.29, 1.82) is 0 Å². The second-order valence-electron chi connectivity index (χ2n) is 8.29. The van der Waals surface area contributed by atoms with E-state index in [0.29, 0.717) is 25.2 Å². The van der Waals surface area contributed by atoms with E-state index in [4.69, 9.17) is 14.0 Å². The number of carbonyl (C=O) groups is 2. The minimum atomic E-state index is -5.73. The smallest absolute Gasteiger partial charge is 0.402 e. The van der Waals surface area contributed by atoms with Gasteiger partial charge in [0.2, 0.25) is 5.79 Å². The molecule has 1 spiro atoms. The van der Waals surface area contributed by atoms with Gasteiger partial charge in [-0.2, -0.15) is 17.2 Å². The summed E-state index contributed by atoms with van der Waals surface area (Å²) in [6.45, 7) is -1.88. The Morgan fingerprint density at radius 1 is 1.25 bits per heavy atom. The minimum Gasteiger partial charge on any atom is -0.458 e. The highest BCUT2D eigenvalue weighted by molar-refractivity contribution is 7.86. The number of ether oxygens (including phenoxy) is 3. The molecule has 9 nitrogen and oxygen atoms in total. The number of esters is 2. The molecule has 2 N–H and O–H groups in total. The first-order chi connectivity index (χ1) is 12.8. The van der Waals surface area contributed by atoms with Gasteiger partial charge in [-0.1, -0.05) is 0 Å². The fraction of sp³-hybridized carbons (Fsp3) is 0.875. The monoisotopic (exact) mass is 426 g/mol. The summed E-state index contributed by atoms with van der Waals surface area (Å²) in [5, 5.41) is 5.97. The average Bonchev–Trinajstić information content (AvgIpc) is 2.86. The highest BCUT2D eigenvalue weighted by Crippen LogP contribution is 2.63. The number of carbonyl (C=O) groups excluding carboxylic acids is 2. The lowest BCUT2D eigenvalue weighted by Crippen LogP contribution is -2.64. The Bertz CT molecular complexity index is 795. The zero-order valence-electron chi connectivity index (χ0n) is 14.7. The van der Waals surface area contributed by atoms with E-state index >= 15 is 0 Å². The van der Waals surface area contributed by atoms with Crippen molar-refractivity contribution in [1.82, 2.24) is 0 Å². The van der Waals surface area contributed by atoms with Crippen molar-refractivity contribution in [3.05, 3.63) is 0 Å². The fourth-order valence-electron chi connectivity index (χ4n) is 5.34. The molecule has 4 bridgehead atoms. The molecule has 1 aliphatic heterocycles. The van der Waals surface area contributed by atoms with Crippen molar-refractivity contribution >= 4 is 22.1 Å². The van der Waals surface area contributed by atoms with E-state index in [9.17, 15) is 31.9 Å². The summed E-state index contributed by atoms with van der Waals surface area (Å²) in [5.41, 5.74) is -0.796. The van der Waals surface area contributed by atoms with Crippen LogP contribution in [0.15, 0.2) is 0 Å². The normalized spacial score (nSPS) is 42.1. The van der Waals surface area contributed by atoms with Crippen molar-refractivity contribution in [2.24, 2.45) is 17.8 Å². The predicted molar refractivity (Wildman–Crippen MR) is 84.3 cm³/mol. The topological polar surface area (TPSA) is 136 Å². The summed E-state index contributed by atoms with van der Waals surface area (Å²) >= 11 is 0. The van der Waals surface area contributed by atoms with Gasteiger partial charge in [-0.05, 0) is 38.0 Å². The van der Waals surface area contributed by atoms with Crippen LogP contribution in [0.4, 0.5) is 8.78 Å². The van der Waals surface area contributed by atoms with Crippen LogP contribution in [0.2, 0.25) is 0 Å². The number of alkyl halides is 2. The zero-order valence-corrected chi connectivity index (χ0v) is 15.5. The molecule has 5 aliphatic rings. The Morgan fingerprint density at radius 2 is 1.86 bits per heavy atom. The number of halogens is 2. The molecule has 0 aromatic heterocycles. The molecule has 3 unspecified atom stereocenters. The van der Waals surface area contributed by atoms with Crippen LogP contribution in [0.5, 0.6) is 0 Å². The van der Waals surface area contributed by atoms with E-state index < -0.39 is 57.8 Å². The van der Waals surface area contributed by atoms with E-state index in [2.05, 4.69) is 4.74 Å². The number of hydrogen-bond donors (Lipinski definition) is 2. The van der Waals surface area contributed by atoms with Crippen LogP contribution in [0.25, 0.3) is 0 Å². The van der Waals surface area contributed by atoms with E-state index in [1.807, 2.05) is 0 Å². The third kappa shape index (κ3) is 3.10. The highest BCUT2D eigenvalue weighted by atomic mass is 32.2. The summed E-state index contributed by atoms with van der Waals surface area (Å²) in [7, 11) is -5.73. The maximum absolute atomic E-state index is 13.1. The molecule has 5 rings (SSSR count). The molecule has 1 heterocycles. The van der Waals surface area contributed by atoms with Crippen LogP contribution in [-0.2, 0) is 33.9 Å². The van der Waals surface area contributed by atoms with Crippen molar-refractivity contribution in [2.75, 3.05) is 6.61 Å². The SMILES string of the molecule is O=C(CC1OC2(OC1=O)C1CC3CC2CC(O)(C3)C1)OCC(F)(F)S(=O)(=O)O. The molecule has 0 radical (unpaired) electrons. The second-order valence-corrected chi connectivity index (χ2v) is 9.84. The molecule has 3 atom stereocenters. The van der Waals surface area contributed by atoms with Crippen LogP contribution in [0.3, 0.4) is 0 Å². The van der Waals surface area contributed by atoms with Gasteiger partial charge in [0.25, 0.3) is 0 Å². The van der Waals surface area contributed by atoms with Crippen molar-refractivity contribution in [3.63, 3.8) is 0 Å². The Hall–Kier alpha value is -1.37. The lowest BCUT2D eigenvalue weighted by molar-refractivity contribution is -0.314. The molecule has 12 heteroatoms.